The van der Waals surface area contributed by atoms with Gasteiger partial charge in [0.2, 0.25) is 0 Å². The number of aliphatic hydroxyl groups is 1. The summed E-state index contributed by atoms with van der Waals surface area (Å²) in [5, 5.41) is 12.8. The standard InChI is InChI=1S/C16H27NO2/c1-12(2)14-6-8-15(9-7-14)19-11-16(5,10-18)17-13(3)4/h6-9,12-13,17-18H,10-11H2,1-5H3. The van der Waals surface area contributed by atoms with E-state index in [4.69, 9.17) is 4.74 Å². The summed E-state index contributed by atoms with van der Waals surface area (Å²) < 4.78 is 5.78. The molecule has 0 radical (unpaired) electrons. The molecule has 2 N–H and O–H groups in total. The average molecular weight is 265 g/mol. The Hall–Kier alpha value is -1.06. The molecular weight excluding hydrogens is 238 g/mol. The smallest absolute Gasteiger partial charge is 0.119 e. The first-order valence-electron chi connectivity index (χ1n) is 6.97. The van der Waals surface area contributed by atoms with Crippen molar-refractivity contribution in [1.29, 1.82) is 0 Å². The van der Waals surface area contributed by atoms with Gasteiger partial charge in [0.05, 0.1) is 12.1 Å². The Kier molecular flexibility index (Phi) is 5.83. The Balaban J connectivity index is 2.59. The maximum absolute atomic E-state index is 9.49. The second kappa shape index (κ2) is 6.92. The third-order valence-electron chi connectivity index (χ3n) is 3.09. The first-order valence-corrected chi connectivity index (χ1v) is 6.97. The first kappa shape index (κ1) is 16.0. The van der Waals surface area contributed by atoms with Gasteiger partial charge in [0.1, 0.15) is 12.4 Å². The lowest BCUT2D eigenvalue weighted by Gasteiger charge is -2.30. The minimum Gasteiger partial charge on any atom is -0.492 e. The fourth-order valence-electron chi connectivity index (χ4n) is 2.02. The van der Waals surface area contributed by atoms with Gasteiger partial charge in [-0.3, -0.25) is 0 Å². The van der Waals surface area contributed by atoms with Crippen molar-refractivity contribution >= 4 is 0 Å². The van der Waals surface area contributed by atoms with E-state index in [1.54, 1.807) is 0 Å². The monoisotopic (exact) mass is 265 g/mol. The van der Waals surface area contributed by atoms with E-state index >= 15 is 0 Å². The Morgan fingerprint density at radius 2 is 1.74 bits per heavy atom. The number of nitrogens with one attached hydrogen (secondary N) is 1. The first-order chi connectivity index (χ1) is 8.86. The van der Waals surface area contributed by atoms with Gasteiger partial charge >= 0.3 is 0 Å². The Bertz CT molecular complexity index is 373. The fourth-order valence-corrected chi connectivity index (χ4v) is 2.02. The molecule has 1 aromatic rings. The normalized spacial score (nSPS) is 14.7. The van der Waals surface area contributed by atoms with Crippen molar-refractivity contribution in [2.75, 3.05) is 13.2 Å². The Morgan fingerprint density at radius 3 is 2.16 bits per heavy atom. The molecule has 0 fully saturated rings. The summed E-state index contributed by atoms with van der Waals surface area (Å²) in [5.41, 5.74) is 0.891. The molecule has 108 valence electrons. The Labute approximate surface area is 117 Å². The molecule has 0 aliphatic carbocycles. The van der Waals surface area contributed by atoms with Crippen LogP contribution in [0.15, 0.2) is 24.3 Å². The van der Waals surface area contributed by atoms with Crippen LogP contribution in [0.1, 0.15) is 46.1 Å². The zero-order chi connectivity index (χ0) is 14.5. The van der Waals surface area contributed by atoms with E-state index in [0.717, 1.165) is 5.75 Å². The second-order valence-electron chi connectivity index (χ2n) is 6.03. The summed E-state index contributed by atoms with van der Waals surface area (Å²) in [6, 6.07) is 8.47. The average Bonchev–Trinajstić information content (AvgIpc) is 2.36. The highest BCUT2D eigenvalue weighted by Gasteiger charge is 2.24. The van der Waals surface area contributed by atoms with Gasteiger partial charge < -0.3 is 15.2 Å². The van der Waals surface area contributed by atoms with Crippen LogP contribution < -0.4 is 10.1 Å². The number of hydrogen-bond acceptors (Lipinski definition) is 3. The summed E-state index contributed by atoms with van der Waals surface area (Å²) in [4.78, 5) is 0. The van der Waals surface area contributed by atoms with Crippen LogP contribution >= 0.6 is 0 Å². The maximum atomic E-state index is 9.49. The molecule has 0 spiro atoms. The summed E-state index contributed by atoms with van der Waals surface area (Å²) in [7, 11) is 0. The van der Waals surface area contributed by atoms with Crippen molar-refractivity contribution in [2.45, 2.75) is 52.1 Å². The largest absolute Gasteiger partial charge is 0.492 e. The molecule has 0 aromatic heterocycles. The third-order valence-corrected chi connectivity index (χ3v) is 3.09. The lowest BCUT2D eigenvalue weighted by Crippen LogP contribution is -2.53. The number of hydrogen-bond donors (Lipinski definition) is 2. The SMILES string of the molecule is CC(C)NC(C)(CO)COc1ccc(C(C)C)cc1. The molecular formula is C16H27NO2. The zero-order valence-electron chi connectivity index (χ0n) is 12.7. The molecule has 3 heteroatoms. The molecule has 1 aromatic carbocycles. The van der Waals surface area contributed by atoms with Gasteiger partial charge in [-0.25, -0.2) is 0 Å². The van der Waals surface area contributed by atoms with Gasteiger partial charge in [0, 0.05) is 6.04 Å². The molecule has 0 saturated heterocycles. The predicted octanol–water partition coefficient (Wildman–Crippen LogP) is 2.94. The van der Waals surface area contributed by atoms with Gasteiger partial charge in [-0.15, -0.1) is 0 Å². The third kappa shape index (κ3) is 5.21. The van der Waals surface area contributed by atoms with E-state index in [-0.39, 0.29) is 6.61 Å². The van der Waals surface area contributed by atoms with Crippen LogP contribution in [0.2, 0.25) is 0 Å². The van der Waals surface area contributed by atoms with E-state index in [1.807, 2.05) is 19.1 Å². The highest BCUT2D eigenvalue weighted by Crippen LogP contribution is 2.19. The molecule has 1 atom stereocenters. The topological polar surface area (TPSA) is 41.5 Å². The highest BCUT2D eigenvalue weighted by molar-refractivity contribution is 5.29. The summed E-state index contributed by atoms with van der Waals surface area (Å²) >= 11 is 0. The minimum absolute atomic E-state index is 0.0509. The molecule has 0 heterocycles. The van der Waals surface area contributed by atoms with Crippen molar-refractivity contribution < 1.29 is 9.84 Å². The van der Waals surface area contributed by atoms with Crippen LogP contribution in [-0.2, 0) is 0 Å². The minimum atomic E-state index is -0.412. The van der Waals surface area contributed by atoms with Crippen LogP contribution in [0.4, 0.5) is 0 Å². The fraction of sp³-hybridized carbons (Fsp3) is 0.625. The number of rotatable bonds is 7. The summed E-state index contributed by atoms with van der Waals surface area (Å²) in [6.45, 7) is 10.9. The lowest BCUT2D eigenvalue weighted by atomic mass is 10.0. The van der Waals surface area contributed by atoms with Crippen LogP contribution in [0.5, 0.6) is 5.75 Å². The van der Waals surface area contributed by atoms with Crippen LogP contribution in [0, 0.1) is 0 Å². The predicted molar refractivity (Wildman–Crippen MR) is 79.8 cm³/mol. The van der Waals surface area contributed by atoms with Crippen molar-refractivity contribution in [2.24, 2.45) is 0 Å². The molecule has 0 aliphatic rings. The van der Waals surface area contributed by atoms with Crippen molar-refractivity contribution in [3.8, 4) is 5.75 Å². The molecule has 1 unspecified atom stereocenters. The maximum Gasteiger partial charge on any atom is 0.119 e. The van der Waals surface area contributed by atoms with E-state index < -0.39 is 5.54 Å². The summed E-state index contributed by atoms with van der Waals surface area (Å²) in [6.07, 6.45) is 0. The van der Waals surface area contributed by atoms with Crippen LogP contribution in [0.25, 0.3) is 0 Å². The van der Waals surface area contributed by atoms with Gasteiger partial charge in [-0.2, -0.15) is 0 Å². The molecule has 0 aliphatic heterocycles. The summed E-state index contributed by atoms with van der Waals surface area (Å²) in [5.74, 6) is 1.37. The highest BCUT2D eigenvalue weighted by atomic mass is 16.5. The van der Waals surface area contributed by atoms with E-state index in [0.29, 0.717) is 18.6 Å². The lowest BCUT2D eigenvalue weighted by molar-refractivity contribution is 0.109. The number of ether oxygens (including phenoxy) is 1. The van der Waals surface area contributed by atoms with E-state index in [2.05, 4.69) is 45.1 Å². The van der Waals surface area contributed by atoms with E-state index in [1.165, 1.54) is 5.56 Å². The Morgan fingerprint density at radius 1 is 1.16 bits per heavy atom. The van der Waals surface area contributed by atoms with E-state index in [9.17, 15) is 5.11 Å². The second-order valence-corrected chi connectivity index (χ2v) is 6.03. The van der Waals surface area contributed by atoms with Gasteiger partial charge in [-0.05, 0) is 30.5 Å². The van der Waals surface area contributed by atoms with Gasteiger partial charge in [-0.1, -0.05) is 39.8 Å². The number of aliphatic hydroxyl groups excluding tert-OH is 1. The van der Waals surface area contributed by atoms with Crippen LogP contribution in [-0.4, -0.2) is 29.9 Å². The molecule has 19 heavy (non-hydrogen) atoms. The van der Waals surface area contributed by atoms with Crippen molar-refractivity contribution in [1.82, 2.24) is 5.32 Å². The quantitative estimate of drug-likeness (QED) is 0.796. The van der Waals surface area contributed by atoms with Crippen molar-refractivity contribution in [3.63, 3.8) is 0 Å². The van der Waals surface area contributed by atoms with Gasteiger partial charge in [0.25, 0.3) is 0 Å². The zero-order valence-corrected chi connectivity index (χ0v) is 12.7. The number of benzene rings is 1. The molecule has 0 saturated carbocycles. The molecule has 0 amide bonds. The van der Waals surface area contributed by atoms with Crippen molar-refractivity contribution in [3.05, 3.63) is 29.8 Å². The molecule has 1 rings (SSSR count). The molecule has 3 nitrogen and oxygen atoms in total. The van der Waals surface area contributed by atoms with Gasteiger partial charge in [0.15, 0.2) is 0 Å². The van der Waals surface area contributed by atoms with Crippen LogP contribution in [0.3, 0.4) is 0 Å². The molecule has 0 bridgehead atoms.